The Hall–Kier alpha value is -1.24. The number of rotatable bonds is 2. The minimum Gasteiger partial charge on any atom is -0.498 e. The zero-order chi connectivity index (χ0) is 16.7. The summed E-state index contributed by atoms with van der Waals surface area (Å²) in [6, 6.07) is 0. The zero-order valence-electron chi connectivity index (χ0n) is 15.6. The van der Waals surface area contributed by atoms with Gasteiger partial charge in [-0.25, -0.2) is 0 Å². The van der Waals surface area contributed by atoms with E-state index in [1.165, 1.54) is 38.5 Å². The molecule has 3 fully saturated rings. The quantitative estimate of drug-likeness (QED) is 0.538. The molecule has 4 rings (SSSR count). The van der Waals surface area contributed by atoms with Crippen LogP contribution in [-0.2, 0) is 4.74 Å². The molecule has 0 aromatic rings. The maximum absolute atomic E-state index is 5.78. The molecular weight excluding hydrogens is 292 g/mol. The fraction of sp³-hybridized carbons (Fsp3) is 0.652. The van der Waals surface area contributed by atoms with Crippen molar-refractivity contribution in [3.63, 3.8) is 0 Å². The summed E-state index contributed by atoms with van der Waals surface area (Å²) in [5.41, 5.74) is 5.52. The molecule has 4 aliphatic rings. The number of ether oxygens (including phenoxy) is 1. The molecule has 3 saturated carbocycles. The molecule has 0 bridgehead atoms. The minimum absolute atomic E-state index is 0.497. The van der Waals surface area contributed by atoms with Crippen LogP contribution in [0.1, 0.15) is 65.7 Å². The third-order valence-corrected chi connectivity index (χ3v) is 7.47. The van der Waals surface area contributed by atoms with E-state index >= 15 is 0 Å². The third-order valence-electron chi connectivity index (χ3n) is 7.47. The smallest absolute Gasteiger partial charge is 0.0997 e. The lowest BCUT2D eigenvalue weighted by molar-refractivity contribution is 0.0637. The fourth-order valence-corrected chi connectivity index (χ4v) is 6.33. The van der Waals surface area contributed by atoms with Crippen LogP contribution in [0.25, 0.3) is 0 Å². The highest BCUT2D eigenvalue weighted by atomic mass is 16.5. The van der Waals surface area contributed by atoms with E-state index in [2.05, 4.69) is 45.1 Å². The standard InChI is InChI=1S/C23H32O/c1-4-17-8-13-22-21-11-7-16-6-9-18(24-5-2)10-12-19(16)20(21)14-15-23(17,22)3/h4,6,9,12,20-22H,5,7-8,10-11,13-15H2,1-3H3/b17-4-. The SMILES string of the molecule is C/C=C1/CCC2C3CCC4=CC=C(OCC)CC=C4C3CCC12C. The first-order chi connectivity index (χ1) is 11.7. The Balaban J connectivity index is 1.61. The van der Waals surface area contributed by atoms with Crippen LogP contribution in [0.4, 0.5) is 0 Å². The molecule has 4 aliphatic carbocycles. The molecule has 1 nitrogen and oxygen atoms in total. The predicted molar refractivity (Wildman–Crippen MR) is 101 cm³/mol. The molecule has 1 heteroatoms. The van der Waals surface area contributed by atoms with Gasteiger partial charge in [-0.3, -0.25) is 0 Å². The van der Waals surface area contributed by atoms with E-state index in [0.717, 1.165) is 36.5 Å². The van der Waals surface area contributed by atoms with Gasteiger partial charge in [0.25, 0.3) is 0 Å². The Labute approximate surface area is 147 Å². The Kier molecular flexibility index (Phi) is 4.22. The highest BCUT2D eigenvalue weighted by Gasteiger charge is 2.52. The first-order valence-corrected chi connectivity index (χ1v) is 10.1. The van der Waals surface area contributed by atoms with Crippen molar-refractivity contribution in [2.24, 2.45) is 23.2 Å². The van der Waals surface area contributed by atoms with Crippen LogP contribution in [0, 0.1) is 23.2 Å². The summed E-state index contributed by atoms with van der Waals surface area (Å²) in [5, 5.41) is 0. The van der Waals surface area contributed by atoms with Crippen molar-refractivity contribution in [1.82, 2.24) is 0 Å². The zero-order valence-corrected chi connectivity index (χ0v) is 15.6. The second kappa shape index (κ2) is 6.24. The molecule has 0 aromatic heterocycles. The lowest BCUT2D eigenvalue weighted by atomic mass is 9.54. The van der Waals surface area contributed by atoms with Crippen molar-refractivity contribution >= 4 is 0 Å². The molecule has 4 unspecified atom stereocenters. The summed E-state index contributed by atoms with van der Waals surface area (Å²) >= 11 is 0. The van der Waals surface area contributed by atoms with Gasteiger partial charge in [0.2, 0.25) is 0 Å². The van der Waals surface area contributed by atoms with Crippen molar-refractivity contribution in [2.45, 2.75) is 65.7 Å². The highest BCUT2D eigenvalue weighted by Crippen LogP contribution is 2.62. The van der Waals surface area contributed by atoms with E-state index in [4.69, 9.17) is 4.74 Å². The van der Waals surface area contributed by atoms with Crippen molar-refractivity contribution in [1.29, 1.82) is 0 Å². The van der Waals surface area contributed by atoms with Crippen LogP contribution in [0.2, 0.25) is 0 Å². The van der Waals surface area contributed by atoms with Crippen molar-refractivity contribution < 1.29 is 4.74 Å². The van der Waals surface area contributed by atoms with Crippen LogP contribution < -0.4 is 0 Å². The van der Waals surface area contributed by atoms with Gasteiger partial charge in [-0.2, -0.15) is 0 Å². The number of allylic oxidation sites excluding steroid dienone is 7. The maximum atomic E-state index is 5.78. The molecule has 0 spiro atoms. The van der Waals surface area contributed by atoms with Gasteiger partial charge in [-0.05, 0) is 92.8 Å². The van der Waals surface area contributed by atoms with Gasteiger partial charge in [0.1, 0.15) is 0 Å². The summed E-state index contributed by atoms with van der Waals surface area (Å²) in [5.74, 6) is 3.75. The van der Waals surface area contributed by atoms with Crippen LogP contribution in [0.15, 0.2) is 46.8 Å². The summed E-state index contributed by atoms with van der Waals surface area (Å²) in [4.78, 5) is 0. The molecule has 0 N–H and O–H groups in total. The van der Waals surface area contributed by atoms with Gasteiger partial charge < -0.3 is 4.74 Å². The first-order valence-electron chi connectivity index (χ1n) is 10.1. The third kappa shape index (κ3) is 2.43. The van der Waals surface area contributed by atoms with E-state index in [0.29, 0.717) is 5.41 Å². The van der Waals surface area contributed by atoms with Gasteiger partial charge >= 0.3 is 0 Å². The molecular formula is C23H32O. The molecule has 4 atom stereocenters. The molecule has 0 aliphatic heterocycles. The largest absolute Gasteiger partial charge is 0.498 e. The minimum atomic E-state index is 0.497. The Morgan fingerprint density at radius 2 is 2.08 bits per heavy atom. The topological polar surface area (TPSA) is 9.23 Å². The van der Waals surface area contributed by atoms with Crippen LogP contribution in [0.3, 0.4) is 0 Å². The highest BCUT2D eigenvalue weighted by molar-refractivity contribution is 5.42. The van der Waals surface area contributed by atoms with Crippen LogP contribution in [-0.4, -0.2) is 6.61 Å². The molecule has 24 heavy (non-hydrogen) atoms. The first kappa shape index (κ1) is 16.2. The lowest BCUT2D eigenvalue weighted by Crippen LogP contribution is -2.41. The molecule has 0 heterocycles. The molecule has 0 amide bonds. The van der Waals surface area contributed by atoms with Crippen LogP contribution in [0.5, 0.6) is 0 Å². The second-order valence-electron chi connectivity index (χ2n) is 8.35. The normalized spacial score (nSPS) is 39.9. The van der Waals surface area contributed by atoms with E-state index in [1.807, 2.05) is 0 Å². The van der Waals surface area contributed by atoms with E-state index in [-0.39, 0.29) is 0 Å². The Bertz CT molecular complexity index is 632. The van der Waals surface area contributed by atoms with E-state index < -0.39 is 0 Å². The van der Waals surface area contributed by atoms with Gasteiger partial charge in [-0.15, -0.1) is 0 Å². The fourth-order valence-electron chi connectivity index (χ4n) is 6.33. The number of hydrogen-bond donors (Lipinski definition) is 0. The predicted octanol–water partition coefficient (Wildman–Crippen LogP) is 6.35. The van der Waals surface area contributed by atoms with Crippen LogP contribution >= 0.6 is 0 Å². The summed E-state index contributed by atoms with van der Waals surface area (Å²) in [6.07, 6.45) is 18.7. The van der Waals surface area contributed by atoms with Gasteiger partial charge in [0, 0.05) is 6.42 Å². The Morgan fingerprint density at radius 1 is 1.21 bits per heavy atom. The second-order valence-corrected chi connectivity index (χ2v) is 8.35. The summed E-state index contributed by atoms with van der Waals surface area (Å²) < 4.78 is 5.78. The monoisotopic (exact) mass is 324 g/mol. The number of fused-ring (bicyclic) bond motifs is 5. The lowest BCUT2D eigenvalue weighted by Gasteiger charge is -2.50. The maximum Gasteiger partial charge on any atom is 0.0997 e. The van der Waals surface area contributed by atoms with E-state index in [1.54, 1.807) is 16.7 Å². The van der Waals surface area contributed by atoms with Crippen molar-refractivity contribution in [3.8, 4) is 0 Å². The van der Waals surface area contributed by atoms with Gasteiger partial charge in [0.05, 0.1) is 12.4 Å². The van der Waals surface area contributed by atoms with Crippen molar-refractivity contribution in [2.75, 3.05) is 6.61 Å². The summed E-state index contributed by atoms with van der Waals surface area (Å²) in [7, 11) is 0. The molecule has 130 valence electrons. The van der Waals surface area contributed by atoms with Crippen molar-refractivity contribution in [3.05, 3.63) is 46.8 Å². The number of hydrogen-bond acceptors (Lipinski definition) is 1. The Morgan fingerprint density at radius 3 is 2.88 bits per heavy atom. The average Bonchev–Trinajstić information content (AvgIpc) is 2.79. The summed E-state index contributed by atoms with van der Waals surface area (Å²) in [6.45, 7) is 7.68. The molecule has 0 radical (unpaired) electrons. The molecule has 0 aromatic carbocycles. The van der Waals surface area contributed by atoms with Gasteiger partial charge in [0.15, 0.2) is 0 Å². The average molecular weight is 325 g/mol. The molecule has 0 saturated heterocycles. The van der Waals surface area contributed by atoms with E-state index in [9.17, 15) is 0 Å². The van der Waals surface area contributed by atoms with Gasteiger partial charge in [-0.1, -0.05) is 30.7 Å².